The van der Waals surface area contributed by atoms with Crippen molar-refractivity contribution in [1.82, 2.24) is 4.90 Å². The summed E-state index contributed by atoms with van der Waals surface area (Å²) in [6.07, 6.45) is 1.13. The number of aromatic carboxylic acids is 1. The second kappa shape index (κ2) is 5.74. The number of likely N-dealkylation sites (N-methyl/N-ethyl adjacent to an activating group) is 1. The van der Waals surface area contributed by atoms with Gasteiger partial charge in [0.25, 0.3) is 0 Å². The van der Waals surface area contributed by atoms with E-state index >= 15 is 0 Å². The van der Waals surface area contributed by atoms with Crippen LogP contribution in [0.5, 0.6) is 0 Å². The Morgan fingerprint density at radius 3 is 2.52 bits per heavy atom. The van der Waals surface area contributed by atoms with E-state index in [1.54, 1.807) is 6.07 Å². The minimum atomic E-state index is -0.867. The molecule has 1 N–H and O–H groups in total. The Morgan fingerprint density at radius 1 is 1.00 bits per heavy atom. The second-order valence-electron chi connectivity index (χ2n) is 5.63. The fourth-order valence-electron chi connectivity index (χ4n) is 3.03. The molecular formula is C17H20N2O2. The van der Waals surface area contributed by atoms with Crippen molar-refractivity contribution in [3.8, 4) is 0 Å². The number of anilines is 1. The van der Waals surface area contributed by atoms with Crippen LogP contribution in [0.3, 0.4) is 0 Å². The highest BCUT2D eigenvalue weighted by Gasteiger charge is 2.17. The van der Waals surface area contributed by atoms with E-state index in [2.05, 4.69) is 16.8 Å². The number of fused-ring (bicyclic) bond motifs is 1. The molecule has 4 heteroatoms. The van der Waals surface area contributed by atoms with Gasteiger partial charge in [0, 0.05) is 30.7 Å². The molecule has 21 heavy (non-hydrogen) atoms. The Kier molecular flexibility index (Phi) is 3.80. The van der Waals surface area contributed by atoms with E-state index in [9.17, 15) is 9.90 Å². The number of benzene rings is 2. The Morgan fingerprint density at radius 2 is 1.76 bits per heavy atom. The monoisotopic (exact) mass is 284 g/mol. The predicted molar refractivity (Wildman–Crippen MR) is 85.2 cm³/mol. The molecule has 1 heterocycles. The highest BCUT2D eigenvalue weighted by molar-refractivity contribution is 6.07. The summed E-state index contributed by atoms with van der Waals surface area (Å²) in [6.45, 7) is 4.14. The van der Waals surface area contributed by atoms with Gasteiger partial charge in [0.1, 0.15) is 0 Å². The maximum absolute atomic E-state index is 11.4. The molecule has 3 rings (SSSR count). The van der Waals surface area contributed by atoms with Gasteiger partial charge < -0.3 is 14.9 Å². The molecule has 2 aromatic carbocycles. The first-order valence-corrected chi connectivity index (χ1v) is 7.35. The summed E-state index contributed by atoms with van der Waals surface area (Å²) in [4.78, 5) is 16.1. The van der Waals surface area contributed by atoms with Gasteiger partial charge in [-0.15, -0.1) is 0 Å². The van der Waals surface area contributed by atoms with Gasteiger partial charge in [-0.1, -0.05) is 24.3 Å². The molecule has 1 saturated heterocycles. The third-order valence-corrected chi connectivity index (χ3v) is 4.19. The van der Waals surface area contributed by atoms with E-state index in [0.29, 0.717) is 5.56 Å². The van der Waals surface area contributed by atoms with Crippen molar-refractivity contribution < 1.29 is 9.90 Å². The predicted octanol–water partition coefficient (Wildman–Crippen LogP) is 2.68. The van der Waals surface area contributed by atoms with Gasteiger partial charge in [-0.05, 0) is 37.5 Å². The molecular weight excluding hydrogens is 264 g/mol. The quantitative estimate of drug-likeness (QED) is 0.921. The summed E-state index contributed by atoms with van der Waals surface area (Å²) in [6, 6.07) is 11.5. The minimum absolute atomic E-state index is 0.376. The molecule has 1 aliphatic rings. The zero-order valence-electron chi connectivity index (χ0n) is 12.2. The Balaban J connectivity index is 2.07. The molecule has 4 nitrogen and oxygen atoms in total. The number of carboxylic acids is 1. The van der Waals surface area contributed by atoms with Gasteiger partial charge in [-0.3, -0.25) is 0 Å². The summed E-state index contributed by atoms with van der Waals surface area (Å²) >= 11 is 0. The summed E-state index contributed by atoms with van der Waals surface area (Å²) in [5, 5.41) is 11.2. The molecule has 0 aliphatic carbocycles. The lowest BCUT2D eigenvalue weighted by Crippen LogP contribution is -2.28. The standard InChI is InChI=1S/C17H20N2O2/c1-18-9-4-10-19(12-11-18)16-8-7-15(17(20)21)13-5-2-3-6-14(13)16/h2-3,5-8H,4,9-12H2,1H3,(H,20,21). The van der Waals surface area contributed by atoms with Crippen molar-refractivity contribution in [2.75, 3.05) is 38.1 Å². The molecule has 0 aromatic heterocycles. The van der Waals surface area contributed by atoms with E-state index in [4.69, 9.17) is 0 Å². The van der Waals surface area contributed by atoms with Crippen LogP contribution in [0.15, 0.2) is 36.4 Å². The first-order valence-electron chi connectivity index (χ1n) is 7.35. The van der Waals surface area contributed by atoms with Gasteiger partial charge in [0.15, 0.2) is 0 Å². The molecule has 1 aliphatic heterocycles. The number of hydrogen-bond acceptors (Lipinski definition) is 3. The normalized spacial score (nSPS) is 16.9. The SMILES string of the molecule is CN1CCCN(c2ccc(C(=O)O)c3ccccc23)CC1. The lowest BCUT2D eigenvalue weighted by atomic mass is 10.0. The van der Waals surface area contributed by atoms with Gasteiger partial charge in [0.05, 0.1) is 5.56 Å². The van der Waals surface area contributed by atoms with E-state index in [0.717, 1.165) is 49.1 Å². The molecule has 0 saturated carbocycles. The molecule has 110 valence electrons. The second-order valence-corrected chi connectivity index (χ2v) is 5.63. The molecule has 0 spiro atoms. The van der Waals surface area contributed by atoms with Gasteiger partial charge in [0.2, 0.25) is 0 Å². The van der Waals surface area contributed by atoms with Crippen LogP contribution in [0.2, 0.25) is 0 Å². The average Bonchev–Trinajstić information content (AvgIpc) is 2.70. The van der Waals surface area contributed by atoms with Crippen molar-refractivity contribution in [2.24, 2.45) is 0 Å². The van der Waals surface area contributed by atoms with Crippen molar-refractivity contribution in [2.45, 2.75) is 6.42 Å². The molecule has 0 radical (unpaired) electrons. The Bertz CT molecular complexity index is 669. The maximum atomic E-state index is 11.4. The summed E-state index contributed by atoms with van der Waals surface area (Å²) < 4.78 is 0. The van der Waals surface area contributed by atoms with Crippen LogP contribution in [0.25, 0.3) is 10.8 Å². The fraction of sp³-hybridized carbons (Fsp3) is 0.353. The lowest BCUT2D eigenvalue weighted by Gasteiger charge is -2.25. The first kappa shape index (κ1) is 13.9. The highest BCUT2D eigenvalue weighted by atomic mass is 16.4. The zero-order valence-corrected chi connectivity index (χ0v) is 12.2. The van der Waals surface area contributed by atoms with Crippen LogP contribution in [0, 0.1) is 0 Å². The van der Waals surface area contributed by atoms with Crippen LogP contribution in [-0.2, 0) is 0 Å². The Labute approximate surface area is 124 Å². The number of carboxylic acid groups (broad SMARTS) is 1. The smallest absolute Gasteiger partial charge is 0.336 e. The largest absolute Gasteiger partial charge is 0.478 e. The number of carbonyl (C=O) groups is 1. The number of nitrogens with zero attached hydrogens (tertiary/aromatic N) is 2. The van der Waals surface area contributed by atoms with Crippen molar-refractivity contribution >= 4 is 22.4 Å². The third kappa shape index (κ3) is 2.72. The van der Waals surface area contributed by atoms with Crippen LogP contribution in [0.1, 0.15) is 16.8 Å². The van der Waals surface area contributed by atoms with Crippen LogP contribution in [0.4, 0.5) is 5.69 Å². The van der Waals surface area contributed by atoms with Crippen LogP contribution in [-0.4, -0.2) is 49.2 Å². The molecule has 0 unspecified atom stereocenters. The van der Waals surface area contributed by atoms with Crippen molar-refractivity contribution in [3.63, 3.8) is 0 Å². The summed E-state index contributed by atoms with van der Waals surface area (Å²) in [7, 11) is 2.15. The van der Waals surface area contributed by atoms with Crippen LogP contribution >= 0.6 is 0 Å². The van der Waals surface area contributed by atoms with Crippen molar-refractivity contribution in [3.05, 3.63) is 42.0 Å². The van der Waals surface area contributed by atoms with Crippen molar-refractivity contribution in [1.29, 1.82) is 0 Å². The zero-order chi connectivity index (χ0) is 14.8. The summed E-state index contributed by atoms with van der Waals surface area (Å²) in [5.41, 5.74) is 1.52. The Hall–Kier alpha value is -2.07. The van der Waals surface area contributed by atoms with E-state index in [1.165, 1.54) is 0 Å². The lowest BCUT2D eigenvalue weighted by molar-refractivity contribution is 0.0699. The van der Waals surface area contributed by atoms with Gasteiger partial charge in [-0.2, -0.15) is 0 Å². The van der Waals surface area contributed by atoms with Gasteiger partial charge >= 0.3 is 5.97 Å². The van der Waals surface area contributed by atoms with E-state index in [1.807, 2.05) is 30.3 Å². The number of hydrogen-bond donors (Lipinski definition) is 1. The fourth-order valence-corrected chi connectivity index (χ4v) is 3.03. The van der Waals surface area contributed by atoms with E-state index in [-0.39, 0.29) is 0 Å². The van der Waals surface area contributed by atoms with Gasteiger partial charge in [-0.25, -0.2) is 4.79 Å². The first-order chi connectivity index (χ1) is 10.2. The molecule has 1 fully saturated rings. The van der Waals surface area contributed by atoms with Crippen LogP contribution < -0.4 is 4.90 Å². The molecule has 2 aromatic rings. The molecule has 0 atom stereocenters. The highest BCUT2D eigenvalue weighted by Crippen LogP contribution is 2.30. The molecule has 0 bridgehead atoms. The summed E-state index contributed by atoms with van der Waals surface area (Å²) in [5.74, 6) is -0.867. The average molecular weight is 284 g/mol. The maximum Gasteiger partial charge on any atom is 0.336 e. The number of rotatable bonds is 2. The minimum Gasteiger partial charge on any atom is -0.478 e. The molecule has 0 amide bonds. The third-order valence-electron chi connectivity index (χ3n) is 4.19. The van der Waals surface area contributed by atoms with E-state index < -0.39 is 5.97 Å². The topological polar surface area (TPSA) is 43.8 Å².